The molecule has 1 fully saturated rings. The summed E-state index contributed by atoms with van der Waals surface area (Å²) in [6.45, 7) is 3.75. The van der Waals surface area contributed by atoms with Crippen LogP contribution in [0.25, 0.3) is 0 Å². The van der Waals surface area contributed by atoms with Crippen molar-refractivity contribution in [2.45, 2.75) is 38.8 Å². The van der Waals surface area contributed by atoms with Gasteiger partial charge in [0.25, 0.3) is 0 Å². The number of sulfonamides is 1. The minimum atomic E-state index is -3.13. The highest BCUT2D eigenvalue weighted by Crippen LogP contribution is 2.18. The average Bonchev–Trinajstić information content (AvgIpc) is 3.06. The zero-order valence-corrected chi connectivity index (χ0v) is 13.0. The molecule has 0 bridgehead atoms. The molecule has 108 valence electrons. The fourth-order valence-corrected chi connectivity index (χ4v) is 4.26. The van der Waals surface area contributed by atoms with E-state index >= 15 is 0 Å². The molecule has 4 nitrogen and oxygen atoms in total. The molecule has 1 saturated carbocycles. The van der Waals surface area contributed by atoms with Gasteiger partial charge >= 0.3 is 0 Å². The first kappa shape index (κ1) is 15.0. The molecule has 1 aliphatic rings. The van der Waals surface area contributed by atoms with Crippen LogP contribution in [-0.2, 0) is 16.6 Å². The van der Waals surface area contributed by atoms with E-state index in [4.69, 9.17) is 0 Å². The number of hydrogen-bond acceptors (Lipinski definition) is 4. The number of hydrogen-bond donors (Lipinski definition) is 1. The molecule has 1 aromatic rings. The van der Waals surface area contributed by atoms with Gasteiger partial charge in [0.1, 0.15) is 0 Å². The third-order valence-electron chi connectivity index (χ3n) is 3.25. The lowest BCUT2D eigenvalue weighted by Crippen LogP contribution is -2.33. The van der Waals surface area contributed by atoms with Gasteiger partial charge in [0, 0.05) is 24.0 Å². The Bertz CT molecular complexity index is 467. The maximum absolute atomic E-state index is 12.3. The zero-order valence-electron chi connectivity index (χ0n) is 11.3. The smallest absolute Gasteiger partial charge is 0.214 e. The molecule has 0 spiro atoms. The van der Waals surface area contributed by atoms with E-state index in [0.29, 0.717) is 25.6 Å². The van der Waals surface area contributed by atoms with Crippen molar-refractivity contribution < 1.29 is 8.42 Å². The van der Waals surface area contributed by atoms with E-state index in [1.54, 1.807) is 15.6 Å². The molecule has 0 amide bonds. The Labute approximate surface area is 119 Å². The van der Waals surface area contributed by atoms with Crippen molar-refractivity contribution in [3.63, 3.8) is 0 Å². The summed E-state index contributed by atoms with van der Waals surface area (Å²) in [6, 6.07) is 4.59. The van der Waals surface area contributed by atoms with E-state index < -0.39 is 10.0 Å². The topological polar surface area (TPSA) is 49.4 Å². The third-order valence-corrected chi connectivity index (χ3v) is 6.09. The normalized spacial score (nSPS) is 16.1. The van der Waals surface area contributed by atoms with E-state index in [-0.39, 0.29) is 5.75 Å². The second kappa shape index (κ2) is 6.83. The van der Waals surface area contributed by atoms with Crippen LogP contribution in [0.5, 0.6) is 0 Å². The lowest BCUT2D eigenvalue weighted by molar-refractivity contribution is 0.425. The Balaban J connectivity index is 1.80. The van der Waals surface area contributed by atoms with E-state index in [1.165, 1.54) is 12.8 Å². The summed E-state index contributed by atoms with van der Waals surface area (Å²) in [6.07, 6.45) is 3.18. The molecule has 6 heteroatoms. The fraction of sp³-hybridized carbons (Fsp3) is 0.692. The molecule has 0 aromatic carbocycles. The van der Waals surface area contributed by atoms with Crippen molar-refractivity contribution in [3.05, 3.63) is 22.4 Å². The highest BCUT2D eigenvalue weighted by molar-refractivity contribution is 7.89. The minimum Gasteiger partial charge on any atom is -0.314 e. The van der Waals surface area contributed by atoms with Gasteiger partial charge in [-0.15, -0.1) is 11.3 Å². The molecule has 0 atom stereocenters. The van der Waals surface area contributed by atoms with E-state index in [1.807, 2.05) is 24.4 Å². The molecule has 0 saturated heterocycles. The van der Waals surface area contributed by atoms with Crippen molar-refractivity contribution in [2.24, 2.45) is 0 Å². The van der Waals surface area contributed by atoms with Gasteiger partial charge in [-0.2, -0.15) is 4.31 Å². The molecule has 0 unspecified atom stereocenters. The van der Waals surface area contributed by atoms with Crippen LogP contribution in [0.4, 0.5) is 0 Å². The standard InChI is InChI=1S/C13H22N2O2S2/c1-2-15(11-13-5-3-9-18-13)19(16,17)10-4-8-14-12-6-7-12/h3,5,9,12,14H,2,4,6-8,10-11H2,1H3. The number of nitrogens with zero attached hydrogens (tertiary/aromatic N) is 1. The first-order valence-electron chi connectivity index (χ1n) is 6.85. The van der Waals surface area contributed by atoms with Gasteiger partial charge in [0.15, 0.2) is 0 Å². The van der Waals surface area contributed by atoms with Gasteiger partial charge in [0.05, 0.1) is 5.75 Å². The molecule has 2 rings (SSSR count). The van der Waals surface area contributed by atoms with E-state index in [9.17, 15) is 8.42 Å². The van der Waals surface area contributed by atoms with Crippen LogP contribution >= 0.6 is 11.3 Å². The van der Waals surface area contributed by atoms with Crippen LogP contribution < -0.4 is 5.32 Å². The number of nitrogens with one attached hydrogen (secondary N) is 1. The maximum atomic E-state index is 12.3. The summed E-state index contributed by atoms with van der Waals surface area (Å²) in [5, 5.41) is 5.33. The van der Waals surface area contributed by atoms with Crippen molar-refractivity contribution in [2.75, 3.05) is 18.8 Å². The Morgan fingerprint density at radius 3 is 2.84 bits per heavy atom. The Kier molecular flexibility index (Phi) is 5.38. The maximum Gasteiger partial charge on any atom is 0.214 e. The largest absolute Gasteiger partial charge is 0.314 e. The predicted molar refractivity (Wildman–Crippen MR) is 79.8 cm³/mol. The second-order valence-corrected chi connectivity index (χ2v) is 8.02. The van der Waals surface area contributed by atoms with Crippen LogP contribution in [0, 0.1) is 0 Å². The minimum absolute atomic E-state index is 0.242. The van der Waals surface area contributed by atoms with Gasteiger partial charge in [0.2, 0.25) is 10.0 Å². The molecular weight excluding hydrogens is 280 g/mol. The Morgan fingerprint density at radius 2 is 2.26 bits per heavy atom. The quantitative estimate of drug-likeness (QED) is 0.710. The SMILES string of the molecule is CCN(Cc1cccs1)S(=O)(=O)CCCNC1CC1. The van der Waals surface area contributed by atoms with Gasteiger partial charge in [-0.25, -0.2) is 8.42 Å². The monoisotopic (exact) mass is 302 g/mol. The number of rotatable bonds is 9. The molecule has 0 radical (unpaired) electrons. The summed E-state index contributed by atoms with van der Waals surface area (Å²) >= 11 is 1.60. The Hall–Kier alpha value is -0.430. The molecule has 1 aromatic heterocycles. The summed E-state index contributed by atoms with van der Waals surface area (Å²) in [5.74, 6) is 0.242. The molecule has 19 heavy (non-hydrogen) atoms. The molecular formula is C13H22N2O2S2. The van der Waals surface area contributed by atoms with Gasteiger partial charge in [-0.3, -0.25) is 0 Å². The molecule has 0 aliphatic heterocycles. The van der Waals surface area contributed by atoms with Crippen molar-refractivity contribution in [3.8, 4) is 0 Å². The van der Waals surface area contributed by atoms with Gasteiger partial charge in [-0.1, -0.05) is 13.0 Å². The summed E-state index contributed by atoms with van der Waals surface area (Å²) < 4.78 is 26.1. The van der Waals surface area contributed by atoms with Crippen LogP contribution in [0.3, 0.4) is 0 Å². The van der Waals surface area contributed by atoms with Crippen LogP contribution in [0.2, 0.25) is 0 Å². The van der Waals surface area contributed by atoms with E-state index in [0.717, 1.165) is 11.4 Å². The van der Waals surface area contributed by atoms with Gasteiger partial charge < -0.3 is 5.32 Å². The highest BCUT2D eigenvalue weighted by atomic mass is 32.2. The molecule has 1 heterocycles. The lowest BCUT2D eigenvalue weighted by Gasteiger charge is -2.19. The third kappa shape index (κ3) is 4.87. The first-order valence-corrected chi connectivity index (χ1v) is 9.34. The highest BCUT2D eigenvalue weighted by Gasteiger charge is 2.22. The van der Waals surface area contributed by atoms with Crippen molar-refractivity contribution in [1.29, 1.82) is 0 Å². The first-order chi connectivity index (χ1) is 9.12. The molecule has 1 N–H and O–H groups in total. The predicted octanol–water partition coefficient (Wildman–Crippen LogP) is 2.04. The number of thiophene rings is 1. The molecule has 1 aliphatic carbocycles. The lowest BCUT2D eigenvalue weighted by atomic mass is 10.4. The van der Waals surface area contributed by atoms with Crippen LogP contribution in [0.1, 0.15) is 31.1 Å². The summed E-state index contributed by atoms with van der Waals surface area (Å²) in [7, 11) is -3.13. The summed E-state index contributed by atoms with van der Waals surface area (Å²) in [4.78, 5) is 1.10. The summed E-state index contributed by atoms with van der Waals surface area (Å²) in [5.41, 5.74) is 0. The van der Waals surface area contributed by atoms with E-state index in [2.05, 4.69) is 5.32 Å². The Morgan fingerprint density at radius 1 is 1.47 bits per heavy atom. The fourth-order valence-electron chi connectivity index (χ4n) is 1.96. The second-order valence-electron chi connectivity index (χ2n) is 4.90. The van der Waals surface area contributed by atoms with Gasteiger partial charge in [-0.05, 0) is 37.3 Å². The van der Waals surface area contributed by atoms with Crippen LogP contribution in [0.15, 0.2) is 17.5 Å². The van der Waals surface area contributed by atoms with Crippen LogP contribution in [-0.4, -0.2) is 37.6 Å². The average molecular weight is 302 g/mol. The van der Waals surface area contributed by atoms with Crippen molar-refractivity contribution in [1.82, 2.24) is 9.62 Å². The zero-order chi connectivity index (χ0) is 13.7. The van der Waals surface area contributed by atoms with Crippen molar-refractivity contribution >= 4 is 21.4 Å².